The van der Waals surface area contributed by atoms with Gasteiger partial charge in [0.05, 0.1) is 22.6 Å². The molecule has 0 saturated carbocycles. The van der Waals surface area contributed by atoms with Gasteiger partial charge in [-0.15, -0.1) is 11.3 Å². The summed E-state index contributed by atoms with van der Waals surface area (Å²) < 4.78 is 52.0. The molecule has 0 aliphatic carbocycles. The van der Waals surface area contributed by atoms with Gasteiger partial charge >= 0.3 is 11.9 Å². The van der Waals surface area contributed by atoms with E-state index in [9.17, 15) is 22.8 Å². The number of halogens is 4. The minimum Gasteiger partial charge on any atom is -0.472 e. The highest BCUT2D eigenvalue weighted by Crippen LogP contribution is 2.54. The van der Waals surface area contributed by atoms with E-state index in [-0.39, 0.29) is 48.8 Å². The molecule has 2 aliphatic rings. The predicted molar refractivity (Wildman–Crippen MR) is 168 cm³/mol. The van der Waals surface area contributed by atoms with Gasteiger partial charge in [0.25, 0.3) is 0 Å². The number of aromatic nitrogens is 3. The third-order valence-electron chi connectivity index (χ3n) is 7.82. The third-order valence-corrected chi connectivity index (χ3v) is 12.2. The van der Waals surface area contributed by atoms with E-state index in [1.807, 2.05) is 18.7 Å². The van der Waals surface area contributed by atoms with Crippen LogP contribution in [0.4, 0.5) is 19.0 Å². The van der Waals surface area contributed by atoms with Crippen LogP contribution < -0.4 is 15.3 Å². The van der Waals surface area contributed by atoms with Crippen LogP contribution in [0.5, 0.6) is 5.88 Å². The predicted octanol–water partition coefficient (Wildman–Crippen LogP) is 6.02. The average molecular weight is 664 g/mol. The van der Waals surface area contributed by atoms with Crippen molar-refractivity contribution in [1.29, 1.82) is 0 Å². The van der Waals surface area contributed by atoms with Gasteiger partial charge in [-0.25, -0.2) is 9.78 Å². The molecule has 14 heteroatoms. The fourth-order valence-electron chi connectivity index (χ4n) is 6.07. The molecule has 1 amide bonds. The van der Waals surface area contributed by atoms with Crippen molar-refractivity contribution in [3.05, 3.63) is 81.7 Å². The molecule has 5 heterocycles. The van der Waals surface area contributed by atoms with Gasteiger partial charge in [0.2, 0.25) is 11.8 Å². The fourth-order valence-corrected chi connectivity index (χ4v) is 10.4. The maximum absolute atomic E-state index is 14.5. The number of anilines is 1. The molecule has 1 unspecified atom stereocenters. The first-order valence-electron chi connectivity index (χ1n) is 13.9. The summed E-state index contributed by atoms with van der Waals surface area (Å²) >= 11 is 7.68. The Kier molecular flexibility index (Phi) is 8.14. The number of pyridine rings is 1. The summed E-state index contributed by atoms with van der Waals surface area (Å²) in [6, 6.07) is 8.65. The number of amides is 1. The van der Waals surface area contributed by atoms with E-state index >= 15 is 0 Å². The van der Waals surface area contributed by atoms with Gasteiger partial charge in [0, 0.05) is 63.1 Å². The number of carbonyl (C=O) groups is 1. The number of alkyl halides is 3. The van der Waals surface area contributed by atoms with Crippen molar-refractivity contribution >= 4 is 56.5 Å². The summed E-state index contributed by atoms with van der Waals surface area (Å²) in [5.41, 5.74) is -1.01. The molecule has 0 N–H and O–H groups in total. The molecular weight excluding hydrogens is 635 g/mol. The van der Waals surface area contributed by atoms with Crippen molar-refractivity contribution < 1.29 is 22.7 Å². The maximum Gasteiger partial charge on any atom is 0.416 e. The number of hydrogen-bond donors (Lipinski definition) is 1. The van der Waals surface area contributed by atoms with Crippen molar-refractivity contribution in [2.24, 2.45) is 0 Å². The molecule has 1 saturated heterocycles. The average Bonchev–Trinajstić information content (AvgIpc) is 3.34. The van der Waals surface area contributed by atoms with Crippen LogP contribution in [0, 0.1) is 0 Å². The molecule has 2 aliphatic heterocycles. The van der Waals surface area contributed by atoms with E-state index in [0.29, 0.717) is 27.1 Å². The van der Waals surface area contributed by atoms with Gasteiger partial charge in [-0.3, -0.25) is 9.36 Å². The topological polar surface area (TPSA) is 80.6 Å². The molecule has 0 bridgehead atoms. The number of carbonyl (C=O) groups excluding carboxylic acids is 1. The maximum atomic E-state index is 14.5. The standard InChI is InChI=1S/C30H29ClF3N5O3S2/c1-4-25(40)39-17(2)12-37(13-18(39)3)28-22-9-19(30(32,33)34)10-23-27(22)38(29(41)36-28)14-21(42-24-7-5-6-8-35-24)16-44(23)26-11-20(31)15-43-26/h4-11,15,17-18,21,44H,1,12-14,16H2,2-3H3/t17-,18+,21-/m0/s1. The van der Waals surface area contributed by atoms with Crippen LogP contribution in [-0.4, -0.2) is 62.4 Å². The molecule has 6 rings (SSSR count). The lowest BCUT2D eigenvalue weighted by atomic mass is 10.1. The number of piperazine rings is 1. The van der Waals surface area contributed by atoms with Crippen molar-refractivity contribution in [3.8, 4) is 5.88 Å². The quantitative estimate of drug-likeness (QED) is 0.208. The molecule has 8 nitrogen and oxygen atoms in total. The summed E-state index contributed by atoms with van der Waals surface area (Å²) in [6.07, 6.45) is -2.40. The molecule has 0 spiro atoms. The lowest BCUT2D eigenvalue weighted by molar-refractivity contribution is -0.137. The second-order valence-electron chi connectivity index (χ2n) is 10.9. The van der Waals surface area contributed by atoms with Gasteiger partial charge in [-0.1, -0.05) is 24.2 Å². The second kappa shape index (κ2) is 11.8. The van der Waals surface area contributed by atoms with E-state index in [1.165, 1.54) is 22.0 Å². The fraction of sp³-hybridized carbons (Fsp3) is 0.333. The van der Waals surface area contributed by atoms with Crippen LogP contribution in [0.1, 0.15) is 19.4 Å². The monoisotopic (exact) mass is 663 g/mol. The van der Waals surface area contributed by atoms with Gasteiger partial charge in [-0.05, 0) is 44.2 Å². The zero-order valence-electron chi connectivity index (χ0n) is 23.8. The van der Waals surface area contributed by atoms with Crippen LogP contribution in [0.25, 0.3) is 10.9 Å². The normalized spacial score (nSPS) is 23.0. The van der Waals surface area contributed by atoms with Gasteiger partial charge < -0.3 is 14.5 Å². The highest BCUT2D eigenvalue weighted by Gasteiger charge is 2.38. The first kappa shape index (κ1) is 30.5. The number of rotatable bonds is 5. The SMILES string of the molecule is C=CC(=O)N1[C@H](C)CN(c2nc(=O)n3c4c(cc(C(F)(F)F)cc24)[SH](c2cc(Cl)cs2)C[C@@H](Oc2ccccn2)C3)C[C@@H]1C. The molecule has 1 fully saturated rings. The number of nitrogens with zero attached hydrogens (tertiary/aromatic N) is 5. The van der Waals surface area contributed by atoms with Crippen LogP contribution >= 0.6 is 33.8 Å². The number of benzene rings is 1. The van der Waals surface area contributed by atoms with E-state index in [2.05, 4.69) is 16.5 Å². The summed E-state index contributed by atoms with van der Waals surface area (Å²) in [6.45, 7) is 7.93. The largest absolute Gasteiger partial charge is 0.472 e. The van der Waals surface area contributed by atoms with Crippen molar-refractivity contribution in [3.63, 3.8) is 0 Å². The zero-order valence-corrected chi connectivity index (χ0v) is 26.3. The van der Waals surface area contributed by atoms with E-state index in [1.54, 1.807) is 40.7 Å². The van der Waals surface area contributed by atoms with Gasteiger partial charge in [0.1, 0.15) is 11.9 Å². The number of ether oxygens (including phenoxy) is 1. The van der Waals surface area contributed by atoms with E-state index in [0.717, 1.165) is 16.3 Å². The Labute approximate surface area is 263 Å². The molecule has 0 radical (unpaired) electrons. The minimum atomic E-state index is -4.65. The Balaban J connectivity index is 1.57. The summed E-state index contributed by atoms with van der Waals surface area (Å²) in [7, 11) is -1.44. The van der Waals surface area contributed by atoms with Crippen molar-refractivity contribution in [1.82, 2.24) is 19.4 Å². The Hall–Kier alpha value is -3.55. The summed E-state index contributed by atoms with van der Waals surface area (Å²) in [5.74, 6) is 0.625. The lowest BCUT2D eigenvalue weighted by Gasteiger charge is -2.44. The van der Waals surface area contributed by atoms with Crippen molar-refractivity contribution in [2.45, 2.75) is 53.9 Å². The molecular formula is C30H29ClF3N5O3S2. The molecule has 4 atom stereocenters. The highest BCUT2D eigenvalue weighted by molar-refractivity contribution is 8.18. The van der Waals surface area contributed by atoms with Crippen molar-refractivity contribution in [2.75, 3.05) is 23.7 Å². The Morgan fingerprint density at radius 2 is 1.93 bits per heavy atom. The Morgan fingerprint density at radius 1 is 1.18 bits per heavy atom. The van der Waals surface area contributed by atoms with Gasteiger partial charge in [-0.2, -0.15) is 29.1 Å². The number of thiol groups is 1. The minimum absolute atomic E-state index is 0.0733. The lowest BCUT2D eigenvalue weighted by Crippen LogP contribution is -2.58. The third kappa shape index (κ3) is 5.68. The zero-order chi connectivity index (χ0) is 31.3. The molecule has 4 aromatic rings. The number of thiophene rings is 1. The molecule has 1 aromatic carbocycles. The Bertz CT molecular complexity index is 1790. The van der Waals surface area contributed by atoms with E-state index < -0.39 is 34.4 Å². The molecule has 232 valence electrons. The first-order chi connectivity index (χ1) is 20.9. The first-order valence-corrected chi connectivity index (χ1v) is 16.7. The summed E-state index contributed by atoms with van der Waals surface area (Å²) in [5, 5.41) is 2.47. The molecule has 3 aromatic heterocycles. The van der Waals surface area contributed by atoms with Gasteiger partial charge in [0.15, 0.2) is 0 Å². The summed E-state index contributed by atoms with van der Waals surface area (Å²) in [4.78, 5) is 38.9. The van der Waals surface area contributed by atoms with Crippen LogP contribution in [0.3, 0.4) is 0 Å². The van der Waals surface area contributed by atoms with Crippen LogP contribution in [0.2, 0.25) is 5.02 Å². The highest BCUT2D eigenvalue weighted by atomic mass is 35.5. The second-order valence-corrected chi connectivity index (χ2v) is 14.7. The number of hydrogen-bond acceptors (Lipinski definition) is 7. The smallest absolute Gasteiger partial charge is 0.416 e. The van der Waals surface area contributed by atoms with Crippen LogP contribution in [-0.2, 0) is 17.5 Å². The van der Waals surface area contributed by atoms with Crippen LogP contribution in [0.15, 0.2) is 74.5 Å². The van der Waals surface area contributed by atoms with E-state index in [4.69, 9.17) is 16.3 Å². The Morgan fingerprint density at radius 3 is 2.55 bits per heavy atom. The molecule has 44 heavy (non-hydrogen) atoms.